The fraction of sp³-hybridized carbons (Fsp3) is 0.562. The van der Waals surface area contributed by atoms with E-state index in [0.29, 0.717) is 11.7 Å². The molecule has 1 aromatic rings. The molecule has 1 aromatic carbocycles. The van der Waals surface area contributed by atoms with Gasteiger partial charge in [0.1, 0.15) is 11.6 Å². The van der Waals surface area contributed by atoms with Gasteiger partial charge in [-0.3, -0.25) is 4.79 Å². The lowest BCUT2D eigenvalue weighted by Crippen LogP contribution is -2.41. The molecule has 0 bridgehead atoms. The van der Waals surface area contributed by atoms with Crippen molar-refractivity contribution in [3.63, 3.8) is 0 Å². The number of nitrogens with one attached hydrogen (secondary N) is 1. The van der Waals surface area contributed by atoms with Crippen LogP contribution in [0.4, 0.5) is 4.39 Å². The fourth-order valence-corrected chi connectivity index (χ4v) is 2.61. The van der Waals surface area contributed by atoms with Crippen molar-refractivity contribution in [2.24, 2.45) is 5.92 Å². The molecule has 1 N–H and O–H groups in total. The number of halogens is 2. The van der Waals surface area contributed by atoms with Crippen molar-refractivity contribution in [1.29, 1.82) is 0 Å². The van der Waals surface area contributed by atoms with Crippen LogP contribution in [0.3, 0.4) is 0 Å². The largest absolute Gasteiger partial charge is 0.484 e. The third-order valence-corrected chi connectivity index (χ3v) is 3.93. The molecule has 0 aromatic heterocycles. The number of carbonyl (C=O) groups is 1. The summed E-state index contributed by atoms with van der Waals surface area (Å²) < 4.78 is 18.4. The Balaban J connectivity index is 0.00000242. The van der Waals surface area contributed by atoms with Gasteiger partial charge in [-0.25, -0.2) is 4.39 Å². The molecule has 1 amide bonds. The van der Waals surface area contributed by atoms with Gasteiger partial charge in [-0.1, -0.05) is 6.07 Å². The minimum Gasteiger partial charge on any atom is -0.484 e. The first-order valence-electron chi connectivity index (χ1n) is 7.50. The summed E-state index contributed by atoms with van der Waals surface area (Å²) in [6.45, 7) is 2.59. The highest BCUT2D eigenvalue weighted by Gasteiger charge is 2.22. The summed E-state index contributed by atoms with van der Waals surface area (Å²) >= 11 is 0. The zero-order valence-corrected chi connectivity index (χ0v) is 13.7. The van der Waals surface area contributed by atoms with Crippen LogP contribution in [0.15, 0.2) is 24.3 Å². The Bertz CT molecular complexity index is 465. The van der Waals surface area contributed by atoms with E-state index in [-0.39, 0.29) is 30.7 Å². The molecule has 22 heavy (non-hydrogen) atoms. The monoisotopic (exact) mass is 330 g/mol. The van der Waals surface area contributed by atoms with E-state index < -0.39 is 0 Å². The first-order valence-corrected chi connectivity index (χ1v) is 7.50. The molecular weight excluding hydrogens is 307 g/mol. The first-order chi connectivity index (χ1) is 10.2. The van der Waals surface area contributed by atoms with Crippen LogP contribution in [-0.2, 0) is 4.79 Å². The van der Waals surface area contributed by atoms with Crippen molar-refractivity contribution >= 4 is 18.3 Å². The highest BCUT2D eigenvalue weighted by Crippen LogP contribution is 2.20. The first kappa shape index (κ1) is 18.7. The Morgan fingerprint density at radius 2 is 2.14 bits per heavy atom. The number of carbonyl (C=O) groups excluding carboxylic acids is 1. The van der Waals surface area contributed by atoms with E-state index in [1.54, 1.807) is 12.1 Å². The summed E-state index contributed by atoms with van der Waals surface area (Å²) in [5.41, 5.74) is 0. The minimum absolute atomic E-state index is 0. The molecule has 0 aliphatic carbocycles. The Labute approximate surface area is 137 Å². The van der Waals surface area contributed by atoms with Gasteiger partial charge in [0.05, 0.1) is 0 Å². The number of amides is 1. The van der Waals surface area contributed by atoms with Crippen LogP contribution in [0.5, 0.6) is 5.75 Å². The Morgan fingerprint density at radius 1 is 1.41 bits per heavy atom. The lowest BCUT2D eigenvalue weighted by Gasteiger charge is -2.32. The normalized spacial score (nSPS) is 15.3. The smallest absolute Gasteiger partial charge is 0.260 e. The van der Waals surface area contributed by atoms with Gasteiger partial charge in [0.25, 0.3) is 5.91 Å². The highest BCUT2D eigenvalue weighted by atomic mass is 35.5. The standard InChI is InChI=1S/C16H23FN2O2.ClH/c1-18-8-5-13-6-9-19(10-7-13)16(20)12-21-15-4-2-3-14(17)11-15;/h2-4,11,13,18H,5-10,12H2,1H3;1H. The van der Waals surface area contributed by atoms with Crippen LogP contribution in [0.25, 0.3) is 0 Å². The summed E-state index contributed by atoms with van der Waals surface area (Å²) in [5, 5.41) is 3.16. The van der Waals surface area contributed by atoms with Crippen molar-refractivity contribution in [3.8, 4) is 5.75 Å². The number of benzene rings is 1. The lowest BCUT2D eigenvalue weighted by molar-refractivity contribution is -0.134. The third kappa shape index (κ3) is 5.81. The predicted molar refractivity (Wildman–Crippen MR) is 87.0 cm³/mol. The average Bonchev–Trinajstić information content (AvgIpc) is 2.51. The van der Waals surface area contributed by atoms with Gasteiger partial charge in [-0.2, -0.15) is 0 Å². The molecule has 0 saturated carbocycles. The van der Waals surface area contributed by atoms with Gasteiger partial charge >= 0.3 is 0 Å². The quantitative estimate of drug-likeness (QED) is 0.871. The summed E-state index contributed by atoms with van der Waals surface area (Å²) in [6.07, 6.45) is 3.26. The molecule has 124 valence electrons. The van der Waals surface area contributed by atoms with Crippen molar-refractivity contribution in [2.45, 2.75) is 19.3 Å². The summed E-state index contributed by atoms with van der Waals surface area (Å²) in [4.78, 5) is 13.9. The van der Waals surface area contributed by atoms with Crippen LogP contribution in [0.2, 0.25) is 0 Å². The molecule has 1 heterocycles. The molecule has 4 nitrogen and oxygen atoms in total. The van der Waals surface area contributed by atoms with E-state index in [9.17, 15) is 9.18 Å². The number of hydrogen-bond acceptors (Lipinski definition) is 3. The lowest BCUT2D eigenvalue weighted by atomic mass is 9.93. The summed E-state index contributed by atoms with van der Waals surface area (Å²) in [5.74, 6) is 0.717. The van der Waals surface area contributed by atoms with Gasteiger partial charge in [0, 0.05) is 19.2 Å². The number of hydrogen-bond donors (Lipinski definition) is 1. The highest BCUT2D eigenvalue weighted by molar-refractivity contribution is 5.85. The second-order valence-corrected chi connectivity index (χ2v) is 5.46. The van der Waals surface area contributed by atoms with Crippen molar-refractivity contribution in [1.82, 2.24) is 10.2 Å². The topological polar surface area (TPSA) is 41.6 Å². The fourth-order valence-electron chi connectivity index (χ4n) is 2.61. The zero-order chi connectivity index (χ0) is 15.1. The van der Waals surface area contributed by atoms with Gasteiger partial charge in [0.15, 0.2) is 6.61 Å². The Morgan fingerprint density at radius 3 is 2.77 bits per heavy atom. The van der Waals surface area contributed by atoms with Crippen LogP contribution < -0.4 is 10.1 Å². The van der Waals surface area contributed by atoms with Crippen LogP contribution in [0, 0.1) is 11.7 Å². The minimum atomic E-state index is -0.356. The second-order valence-electron chi connectivity index (χ2n) is 5.46. The van der Waals surface area contributed by atoms with E-state index in [1.807, 2.05) is 11.9 Å². The number of piperidine rings is 1. The molecule has 0 spiro atoms. The number of nitrogens with zero attached hydrogens (tertiary/aromatic N) is 1. The molecule has 2 rings (SSSR count). The molecule has 6 heteroatoms. The van der Waals surface area contributed by atoms with Gasteiger partial charge in [-0.05, 0) is 50.9 Å². The molecule has 0 unspecified atom stereocenters. The van der Waals surface area contributed by atoms with Crippen molar-refractivity contribution < 1.29 is 13.9 Å². The molecule has 0 atom stereocenters. The average molecular weight is 331 g/mol. The summed E-state index contributed by atoms with van der Waals surface area (Å²) in [6, 6.07) is 5.87. The maximum Gasteiger partial charge on any atom is 0.260 e. The van der Waals surface area contributed by atoms with Gasteiger partial charge in [-0.15, -0.1) is 12.4 Å². The zero-order valence-electron chi connectivity index (χ0n) is 12.9. The van der Waals surface area contributed by atoms with Crippen LogP contribution in [0.1, 0.15) is 19.3 Å². The molecule has 0 radical (unpaired) electrons. The molecule has 1 aliphatic heterocycles. The van der Waals surface area contributed by atoms with Crippen LogP contribution in [-0.4, -0.2) is 44.1 Å². The molecule has 1 saturated heterocycles. The van der Waals surface area contributed by atoms with E-state index in [4.69, 9.17) is 4.74 Å². The maximum atomic E-state index is 13.0. The molecular formula is C16H24ClFN2O2. The summed E-state index contributed by atoms with van der Waals surface area (Å²) in [7, 11) is 1.96. The Hall–Kier alpha value is -1.33. The molecule has 1 aliphatic rings. The Kier molecular flexibility index (Phi) is 8.20. The van der Waals surface area contributed by atoms with Crippen molar-refractivity contribution in [2.75, 3.05) is 33.3 Å². The van der Waals surface area contributed by atoms with E-state index in [1.165, 1.54) is 18.6 Å². The van der Waals surface area contributed by atoms with Gasteiger partial charge < -0.3 is 15.0 Å². The predicted octanol–water partition coefficient (Wildman–Crippen LogP) is 2.47. The SMILES string of the molecule is CNCCC1CCN(C(=O)COc2cccc(F)c2)CC1.Cl. The molecule has 1 fully saturated rings. The second kappa shape index (κ2) is 9.64. The maximum absolute atomic E-state index is 13.0. The van der Waals surface area contributed by atoms with Crippen LogP contribution >= 0.6 is 12.4 Å². The number of likely N-dealkylation sites (tertiary alicyclic amines) is 1. The van der Waals surface area contributed by atoms with Crippen molar-refractivity contribution in [3.05, 3.63) is 30.1 Å². The third-order valence-electron chi connectivity index (χ3n) is 3.93. The number of rotatable bonds is 6. The van der Waals surface area contributed by atoms with E-state index in [0.717, 1.165) is 32.5 Å². The van der Waals surface area contributed by atoms with E-state index in [2.05, 4.69) is 5.32 Å². The number of ether oxygens (including phenoxy) is 1. The van der Waals surface area contributed by atoms with Gasteiger partial charge in [0.2, 0.25) is 0 Å². The van der Waals surface area contributed by atoms with E-state index >= 15 is 0 Å².